The molecule has 1 amide bonds. The Balaban J connectivity index is 3.25. The molecule has 0 spiro atoms. The summed E-state index contributed by atoms with van der Waals surface area (Å²) in [4.78, 5) is 12.2. The number of carbonyl (C=O) groups is 1. The van der Waals surface area contributed by atoms with Crippen molar-refractivity contribution < 1.29 is 18.0 Å². The number of hydrogen-bond donors (Lipinski definition) is 1. The van der Waals surface area contributed by atoms with E-state index in [1.54, 1.807) is 0 Å². The van der Waals surface area contributed by atoms with E-state index in [0.717, 1.165) is 11.0 Å². The normalized spacial score (nSPS) is 11.4. The summed E-state index contributed by atoms with van der Waals surface area (Å²) in [5.41, 5.74) is 4.08. The quantitative estimate of drug-likeness (QED) is 0.673. The second-order valence-electron chi connectivity index (χ2n) is 3.15. The molecule has 0 radical (unpaired) electrons. The van der Waals surface area contributed by atoms with Crippen LogP contribution in [0.3, 0.4) is 0 Å². The number of alkyl halides is 4. The predicted octanol–water partition coefficient (Wildman–Crippen LogP) is 2.19. The topological polar surface area (TPSA) is 46.3 Å². The standard InChI is InChI=1S/C10H10ClF3N2O/c11-5-9(17)16(6-15)8-4-2-1-3-7(8)10(12,13)14/h1-4H,5-6,15H2. The van der Waals surface area contributed by atoms with E-state index in [1.807, 2.05) is 0 Å². The van der Waals surface area contributed by atoms with Gasteiger partial charge in [-0.25, -0.2) is 0 Å². The Morgan fingerprint density at radius 3 is 2.41 bits per heavy atom. The molecule has 17 heavy (non-hydrogen) atoms. The lowest BCUT2D eigenvalue weighted by molar-refractivity contribution is -0.137. The molecule has 7 heteroatoms. The molecular formula is C10H10ClF3N2O. The molecule has 0 heterocycles. The average molecular weight is 267 g/mol. The minimum Gasteiger partial charge on any atom is -0.313 e. The summed E-state index contributed by atoms with van der Waals surface area (Å²) in [5, 5.41) is 0. The molecule has 0 saturated carbocycles. The number of rotatable bonds is 3. The third kappa shape index (κ3) is 3.10. The monoisotopic (exact) mass is 266 g/mol. The van der Waals surface area contributed by atoms with Crippen molar-refractivity contribution in [1.82, 2.24) is 0 Å². The van der Waals surface area contributed by atoms with Crippen molar-refractivity contribution in [3.8, 4) is 0 Å². The second-order valence-corrected chi connectivity index (χ2v) is 3.42. The van der Waals surface area contributed by atoms with E-state index in [9.17, 15) is 18.0 Å². The van der Waals surface area contributed by atoms with Crippen LogP contribution in [-0.2, 0) is 11.0 Å². The minimum atomic E-state index is -4.55. The van der Waals surface area contributed by atoms with Crippen LogP contribution in [0, 0.1) is 0 Å². The fourth-order valence-corrected chi connectivity index (χ4v) is 1.50. The van der Waals surface area contributed by atoms with Crippen LogP contribution in [0.25, 0.3) is 0 Å². The van der Waals surface area contributed by atoms with E-state index in [-0.39, 0.29) is 12.4 Å². The highest BCUT2D eigenvalue weighted by molar-refractivity contribution is 6.29. The lowest BCUT2D eigenvalue weighted by atomic mass is 10.1. The first-order chi connectivity index (χ1) is 7.91. The Labute approximate surface area is 101 Å². The van der Waals surface area contributed by atoms with Gasteiger partial charge in [0.25, 0.3) is 0 Å². The number of hydrogen-bond acceptors (Lipinski definition) is 2. The van der Waals surface area contributed by atoms with Crippen molar-refractivity contribution in [2.75, 3.05) is 17.4 Å². The van der Waals surface area contributed by atoms with Gasteiger partial charge in [-0.3, -0.25) is 9.69 Å². The van der Waals surface area contributed by atoms with Crippen molar-refractivity contribution in [2.24, 2.45) is 5.73 Å². The Hall–Kier alpha value is -1.27. The van der Waals surface area contributed by atoms with Gasteiger partial charge < -0.3 is 5.73 Å². The molecule has 0 aliphatic heterocycles. The number of para-hydroxylation sites is 1. The van der Waals surface area contributed by atoms with Crippen molar-refractivity contribution in [3.05, 3.63) is 29.8 Å². The summed E-state index contributed by atoms with van der Waals surface area (Å²) in [6.07, 6.45) is -4.55. The van der Waals surface area contributed by atoms with Gasteiger partial charge in [0.15, 0.2) is 0 Å². The summed E-state index contributed by atoms with van der Waals surface area (Å²) in [6.45, 7) is -0.362. The van der Waals surface area contributed by atoms with Crippen LogP contribution in [0.5, 0.6) is 0 Å². The first-order valence-electron chi connectivity index (χ1n) is 4.64. The van der Waals surface area contributed by atoms with E-state index in [4.69, 9.17) is 17.3 Å². The van der Waals surface area contributed by atoms with E-state index < -0.39 is 23.5 Å². The molecule has 0 aliphatic carbocycles. The number of nitrogens with two attached hydrogens (primary N) is 1. The number of carbonyl (C=O) groups excluding carboxylic acids is 1. The minimum absolute atomic E-state index is 0.284. The molecule has 0 aliphatic rings. The molecule has 0 unspecified atom stereocenters. The molecule has 0 aromatic heterocycles. The van der Waals surface area contributed by atoms with Gasteiger partial charge in [-0.05, 0) is 12.1 Å². The van der Waals surface area contributed by atoms with Crippen molar-refractivity contribution in [2.45, 2.75) is 6.18 Å². The number of halogens is 4. The number of anilines is 1. The molecule has 1 rings (SSSR count). The first kappa shape index (κ1) is 13.8. The van der Waals surface area contributed by atoms with Gasteiger partial charge in [0.1, 0.15) is 5.88 Å². The maximum atomic E-state index is 12.7. The average Bonchev–Trinajstić information content (AvgIpc) is 2.29. The van der Waals surface area contributed by atoms with E-state index in [1.165, 1.54) is 18.2 Å². The zero-order chi connectivity index (χ0) is 13.1. The summed E-state index contributed by atoms with van der Waals surface area (Å²) in [7, 11) is 0. The Bertz CT molecular complexity index is 409. The molecule has 3 nitrogen and oxygen atoms in total. The fourth-order valence-electron chi connectivity index (χ4n) is 1.36. The third-order valence-electron chi connectivity index (χ3n) is 2.10. The van der Waals surface area contributed by atoms with Crippen LogP contribution in [0.1, 0.15) is 5.56 Å². The van der Waals surface area contributed by atoms with Gasteiger partial charge in [0, 0.05) is 0 Å². The molecule has 2 N–H and O–H groups in total. The zero-order valence-corrected chi connectivity index (χ0v) is 9.42. The van der Waals surface area contributed by atoms with Crippen molar-refractivity contribution in [1.29, 1.82) is 0 Å². The SMILES string of the molecule is NCN(C(=O)CCl)c1ccccc1C(F)(F)F. The first-order valence-corrected chi connectivity index (χ1v) is 5.18. The van der Waals surface area contributed by atoms with Crippen LogP contribution >= 0.6 is 11.6 Å². The van der Waals surface area contributed by atoms with Crippen molar-refractivity contribution >= 4 is 23.2 Å². The Morgan fingerprint density at radius 2 is 1.94 bits per heavy atom. The molecule has 0 bridgehead atoms. The third-order valence-corrected chi connectivity index (χ3v) is 2.33. The van der Waals surface area contributed by atoms with Gasteiger partial charge >= 0.3 is 6.18 Å². The van der Waals surface area contributed by atoms with E-state index in [0.29, 0.717) is 0 Å². The number of amides is 1. The Morgan fingerprint density at radius 1 is 1.35 bits per heavy atom. The molecule has 0 saturated heterocycles. The van der Waals surface area contributed by atoms with Gasteiger partial charge in [0.2, 0.25) is 5.91 Å². The fraction of sp³-hybridized carbons (Fsp3) is 0.300. The zero-order valence-electron chi connectivity index (χ0n) is 8.67. The van der Waals surface area contributed by atoms with E-state index >= 15 is 0 Å². The molecular weight excluding hydrogens is 257 g/mol. The molecule has 1 aromatic rings. The van der Waals surface area contributed by atoms with Crippen LogP contribution in [0.4, 0.5) is 18.9 Å². The number of nitrogens with zero attached hydrogens (tertiary/aromatic N) is 1. The predicted molar refractivity (Wildman–Crippen MR) is 58.7 cm³/mol. The van der Waals surface area contributed by atoms with Gasteiger partial charge in [-0.1, -0.05) is 12.1 Å². The highest BCUT2D eigenvalue weighted by Gasteiger charge is 2.35. The van der Waals surface area contributed by atoms with Gasteiger partial charge in [-0.15, -0.1) is 11.6 Å². The van der Waals surface area contributed by atoms with Gasteiger partial charge in [0.05, 0.1) is 17.9 Å². The van der Waals surface area contributed by atoms with Gasteiger partial charge in [-0.2, -0.15) is 13.2 Å². The summed E-state index contributed by atoms with van der Waals surface area (Å²) in [5.74, 6) is -1.10. The Kier molecular flexibility index (Phi) is 4.36. The lowest BCUT2D eigenvalue weighted by Gasteiger charge is -2.23. The molecule has 94 valence electrons. The maximum absolute atomic E-state index is 12.7. The number of benzene rings is 1. The molecule has 0 atom stereocenters. The van der Waals surface area contributed by atoms with Crippen LogP contribution in [0.15, 0.2) is 24.3 Å². The molecule has 1 aromatic carbocycles. The second kappa shape index (κ2) is 5.37. The summed E-state index contributed by atoms with van der Waals surface area (Å²) in [6, 6.07) is 4.71. The highest BCUT2D eigenvalue weighted by atomic mass is 35.5. The largest absolute Gasteiger partial charge is 0.418 e. The van der Waals surface area contributed by atoms with Crippen molar-refractivity contribution in [3.63, 3.8) is 0 Å². The van der Waals surface area contributed by atoms with Crippen LogP contribution < -0.4 is 10.6 Å². The van der Waals surface area contributed by atoms with Crippen LogP contribution in [-0.4, -0.2) is 18.5 Å². The lowest BCUT2D eigenvalue weighted by Crippen LogP contribution is -2.38. The summed E-state index contributed by atoms with van der Waals surface area (Å²) < 4.78 is 38.1. The summed E-state index contributed by atoms with van der Waals surface area (Å²) >= 11 is 5.31. The maximum Gasteiger partial charge on any atom is 0.418 e. The smallest absolute Gasteiger partial charge is 0.313 e. The highest BCUT2D eigenvalue weighted by Crippen LogP contribution is 2.36. The molecule has 0 fully saturated rings. The van der Waals surface area contributed by atoms with Crippen LogP contribution in [0.2, 0.25) is 0 Å². The van der Waals surface area contributed by atoms with E-state index in [2.05, 4.69) is 0 Å².